The third-order valence-electron chi connectivity index (χ3n) is 1.94. The van der Waals surface area contributed by atoms with E-state index in [2.05, 4.69) is 4.74 Å². The number of nitriles is 1. The normalized spacial score (nSPS) is 10.9. The summed E-state index contributed by atoms with van der Waals surface area (Å²) in [4.78, 5) is 0. The second-order valence-electron chi connectivity index (χ2n) is 3.43. The second-order valence-corrected chi connectivity index (χ2v) is 3.43. The second kappa shape index (κ2) is 6.85. The van der Waals surface area contributed by atoms with Crippen molar-refractivity contribution in [2.75, 3.05) is 20.0 Å². The average Bonchev–Trinajstić information content (AvgIpc) is 2.35. The summed E-state index contributed by atoms with van der Waals surface area (Å²) in [5.74, 6) is 0.514. The summed E-state index contributed by atoms with van der Waals surface area (Å²) >= 11 is 0. The highest BCUT2D eigenvalue weighted by Crippen LogP contribution is 2.28. The lowest BCUT2D eigenvalue weighted by molar-refractivity contribution is -0.186. The molecule has 0 fully saturated rings. The van der Waals surface area contributed by atoms with Crippen molar-refractivity contribution in [2.45, 2.75) is 13.1 Å². The van der Waals surface area contributed by atoms with Crippen molar-refractivity contribution in [3.63, 3.8) is 0 Å². The SMILES string of the molecule is CCOc1cc(C#N)ccc1OCOCC(F)(F)F. The summed E-state index contributed by atoms with van der Waals surface area (Å²) in [5.41, 5.74) is 0.368. The molecular weight excluding hydrogens is 263 g/mol. The molecule has 0 bridgehead atoms. The van der Waals surface area contributed by atoms with Crippen LogP contribution in [0.4, 0.5) is 13.2 Å². The lowest BCUT2D eigenvalue weighted by Gasteiger charge is -2.13. The Morgan fingerprint density at radius 2 is 1.95 bits per heavy atom. The number of alkyl halides is 3. The third kappa shape index (κ3) is 5.48. The van der Waals surface area contributed by atoms with Gasteiger partial charge in [-0.15, -0.1) is 0 Å². The van der Waals surface area contributed by atoms with Gasteiger partial charge >= 0.3 is 6.18 Å². The first-order valence-electron chi connectivity index (χ1n) is 5.40. The van der Waals surface area contributed by atoms with Crippen molar-refractivity contribution in [1.29, 1.82) is 5.26 Å². The van der Waals surface area contributed by atoms with Crippen molar-refractivity contribution in [2.24, 2.45) is 0 Å². The number of hydrogen-bond donors (Lipinski definition) is 0. The summed E-state index contributed by atoms with van der Waals surface area (Å²) in [6.07, 6.45) is -4.39. The van der Waals surface area contributed by atoms with Gasteiger partial charge in [0, 0.05) is 6.07 Å². The molecule has 7 heteroatoms. The van der Waals surface area contributed by atoms with Crippen LogP contribution in [0, 0.1) is 11.3 Å². The number of hydrogen-bond acceptors (Lipinski definition) is 4. The molecule has 19 heavy (non-hydrogen) atoms. The standard InChI is InChI=1S/C12H12F3NO3/c1-2-18-11-5-9(6-16)3-4-10(11)19-8-17-7-12(13,14)15/h3-5H,2,7-8H2,1H3. The number of nitrogens with zero attached hydrogens (tertiary/aromatic N) is 1. The molecular formula is C12H12F3NO3. The number of halogens is 3. The number of ether oxygens (including phenoxy) is 3. The van der Waals surface area contributed by atoms with Gasteiger partial charge in [-0.1, -0.05) is 0 Å². The predicted molar refractivity (Wildman–Crippen MR) is 59.8 cm³/mol. The Kier molecular flexibility index (Phi) is 5.45. The summed E-state index contributed by atoms with van der Waals surface area (Å²) in [7, 11) is 0. The fourth-order valence-corrected chi connectivity index (χ4v) is 1.23. The fourth-order valence-electron chi connectivity index (χ4n) is 1.23. The summed E-state index contributed by atoms with van der Waals surface area (Å²) in [5, 5.41) is 8.73. The summed E-state index contributed by atoms with van der Waals surface area (Å²) in [6, 6.07) is 6.29. The van der Waals surface area contributed by atoms with Crippen molar-refractivity contribution >= 4 is 0 Å². The summed E-state index contributed by atoms with van der Waals surface area (Å²) < 4.78 is 50.1. The fraction of sp³-hybridized carbons (Fsp3) is 0.417. The molecule has 0 aliphatic rings. The first kappa shape index (κ1) is 15.1. The molecule has 0 amide bonds. The van der Waals surface area contributed by atoms with Crippen molar-refractivity contribution < 1.29 is 27.4 Å². The van der Waals surface area contributed by atoms with Gasteiger partial charge in [0.05, 0.1) is 18.2 Å². The van der Waals surface area contributed by atoms with Crippen LogP contribution in [-0.2, 0) is 4.74 Å². The van der Waals surface area contributed by atoms with Gasteiger partial charge in [0.25, 0.3) is 0 Å². The largest absolute Gasteiger partial charge is 0.490 e. The molecule has 0 atom stereocenters. The zero-order valence-electron chi connectivity index (χ0n) is 10.2. The molecule has 104 valence electrons. The molecule has 0 heterocycles. The zero-order chi connectivity index (χ0) is 14.3. The minimum Gasteiger partial charge on any atom is -0.490 e. The lowest BCUT2D eigenvalue weighted by atomic mass is 10.2. The molecule has 0 spiro atoms. The maximum absolute atomic E-state index is 11.8. The minimum absolute atomic E-state index is 0.225. The number of benzene rings is 1. The van der Waals surface area contributed by atoms with Gasteiger partial charge in [0.15, 0.2) is 18.3 Å². The monoisotopic (exact) mass is 275 g/mol. The van der Waals surface area contributed by atoms with Crippen molar-refractivity contribution in [3.8, 4) is 17.6 Å². The van der Waals surface area contributed by atoms with Gasteiger partial charge in [0.2, 0.25) is 0 Å². The quantitative estimate of drug-likeness (QED) is 0.591. The molecule has 1 rings (SSSR count). The van der Waals surface area contributed by atoms with Crippen molar-refractivity contribution in [3.05, 3.63) is 23.8 Å². The molecule has 0 aliphatic heterocycles. The molecule has 0 aliphatic carbocycles. The van der Waals surface area contributed by atoms with Crippen LogP contribution in [0.25, 0.3) is 0 Å². The van der Waals surface area contributed by atoms with Crippen LogP contribution in [0.15, 0.2) is 18.2 Å². The zero-order valence-corrected chi connectivity index (χ0v) is 10.2. The smallest absolute Gasteiger partial charge is 0.411 e. The molecule has 4 nitrogen and oxygen atoms in total. The van der Waals surface area contributed by atoms with Gasteiger partial charge in [-0.3, -0.25) is 0 Å². The van der Waals surface area contributed by atoms with E-state index in [1.165, 1.54) is 18.2 Å². The summed E-state index contributed by atoms with van der Waals surface area (Å²) in [6.45, 7) is 0.149. The minimum atomic E-state index is -4.39. The molecule has 0 radical (unpaired) electrons. The van der Waals surface area contributed by atoms with Crippen LogP contribution in [0.5, 0.6) is 11.5 Å². The first-order valence-corrected chi connectivity index (χ1v) is 5.40. The topological polar surface area (TPSA) is 51.5 Å². The Balaban J connectivity index is 2.60. The Morgan fingerprint density at radius 3 is 2.53 bits per heavy atom. The Morgan fingerprint density at radius 1 is 1.21 bits per heavy atom. The molecule has 1 aromatic rings. The van der Waals surface area contributed by atoms with E-state index in [4.69, 9.17) is 14.7 Å². The molecule has 0 saturated carbocycles. The molecule has 1 aromatic carbocycles. The van der Waals surface area contributed by atoms with E-state index in [9.17, 15) is 13.2 Å². The highest BCUT2D eigenvalue weighted by molar-refractivity contribution is 5.46. The lowest BCUT2D eigenvalue weighted by Crippen LogP contribution is -2.19. The van der Waals surface area contributed by atoms with Crippen molar-refractivity contribution in [1.82, 2.24) is 0 Å². The Labute approximate surface area is 108 Å². The van der Waals surface area contributed by atoms with E-state index in [1.54, 1.807) is 6.92 Å². The van der Waals surface area contributed by atoms with Crippen LogP contribution in [0.2, 0.25) is 0 Å². The van der Waals surface area contributed by atoms with E-state index in [0.29, 0.717) is 12.2 Å². The van der Waals surface area contributed by atoms with Crippen LogP contribution in [-0.4, -0.2) is 26.2 Å². The van der Waals surface area contributed by atoms with Crippen LogP contribution >= 0.6 is 0 Å². The van der Waals surface area contributed by atoms with Gasteiger partial charge in [-0.05, 0) is 19.1 Å². The van der Waals surface area contributed by atoms with E-state index < -0.39 is 19.6 Å². The maximum atomic E-state index is 11.8. The van der Waals surface area contributed by atoms with Gasteiger partial charge in [-0.2, -0.15) is 18.4 Å². The van der Waals surface area contributed by atoms with Crippen LogP contribution < -0.4 is 9.47 Å². The molecule has 0 aromatic heterocycles. The van der Waals surface area contributed by atoms with E-state index in [0.717, 1.165) is 0 Å². The maximum Gasteiger partial charge on any atom is 0.411 e. The Bertz CT molecular complexity index is 455. The van der Waals surface area contributed by atoms with E-state index in [1.807, 2.05) is 6.07 Å². The van der Waals surface area contributed by atoms with Crippen LogP contribution in [0.3, 0.4) is 0 Å². The van der Waals surface area contributed by atoms with E-state index in [-0.39, 0.29) is 11.5 Å². The van der Waals surface area contributed by atoms with Gasteiger partial charge in [-0.25, -0.2) is 0 Å². The molecule has 0 N–H and O–H groups in total. The molecule has 0 saturated heterocycles. The third-order valence-corrected chi connectivity index (χ3v) is 1.94. The molecule has 0 unspecified atom stereocenters. The number of rotatable bonds is 6. The Hall–Kier alpha value is -1.94. The predicted octanol–water partition coefficient (Wildman–Crippen LogP) is 2.87. The van der Waals surface area contributed by atoms with Gasteiger partial charge < -0.3 is 14.2 Å². The van der Waals surface area contributed by atoms with Gasteiger partial charge in [0.1, 0.15) is 6.61 Å². The van der Waals surface area contributed by atoms with Crippen LogP contribution in [0.1, 0.15) is 12.5 Å². The van der Waals surface area contributed by atoms with E-state index >= 15 is 0 Å². The first-order chi connectivity index (χ1) is 8.96. The highest BCUT2D eigenvalue weighted by atomic mass is 19.4. The average molecular weight is 275 g/mol. The highest BCUT2D eigenvalue weighted by Gasteiger charge is 2.27.